The van der Waals surface area contributed by atoms with Crippen LogP contribution in [0.4, 0.5) is 0 Å². The summed E-state index contributed by atoms with van der Waals surface area (Å²) in [6, 6.07) is 2.12. The Balaban J connectivity index is 1.78. The molecule has 1 fully saturated rings. The first-order valence-corrected chi connectivity index (χ1v) is 11.4. The fourth-order valence-electron chi connectivity index (χ4n) is 3.51. The standard InChI is InChI=1S/C22H29BrO4S/c1-15-20(23)14-18(28-15)12-11-17(24)10-8-16-9-13-21(25)19(16)6-4-2-3-5-7-22(26)27/h8,10,14,16-17,19,21,24-25H,3,5-7,9,11-13H2,1H3,(H,26,27)/b10-8+/t16-,17+,19+,21?/m0/s1. The molecule has 4 atom stereocenters. The van der Waals surface area contributed by atoms with E-state index in [9.17, 15) is 15.0 Å². The van der Waals surface area contributed by atoms with Gasteiger partial charge in [-0.1, -0.05) is 12.2 Å². The third-order valence-corrected chi connectivity index (χ3v) is 7.37. The predicted molar refractivity (Wildman–Crippen MR) is 116 cm³/mol. The second-order valence-corrected chi connectivity index (χ2v) is 9.58. The van der Waals surface area contributed by atoms with Crippen LogP contribution in [0.15, 0.2) is 22.7 Å². The fraction of sp³-hybridized carbons (Fsp3) is 0.591. The molecule has 4 nitrogen and oxygen atoms in total. The summed E-state index contributed by atoms with van der Waals surface area (Å²) in [5.74, 6) is 5.65. The van der Waals surface area contributed by atoms with Crippen molar-refractivity contribution in [2.45, 2.75) is 70.5 Å². The lowest BCUT2D eigenvalue weighted by Gasteiger charge is -2.17. The highest BCUT2D eigenvalue weighted by Gasteiger charge is 2.32. The molecule has 1 aliphatic rings. The molecule has 28 heavy (non-hydrogen) atoms. The van der Waals surface area contributed by atoms with E-state index in [4.69, 9.17) is 5.11 Å². The van der Waals surface area contributed by atoms with Crippen molar-refractivity contribution in [3.05, 3.63) is 32.4 Å². The summed E-state index contributed by atoms with van der Waals surface area (Å²) in [6.07, 6.45) is 8.18. The molecule has 1 saturated carbocycles. The molecule has 2 rings (SSSR count). The Bertz CT molecular complexity index is 711. The van der Waals surface area contributed by atoms with Crippen LogP contribution in [0.2, 0.25) is 0 Å². The van der Waals surface area contributed by atoms with Crippen molar-refractivity contribution in [1.29, 1.82) is 0 Å². The van der Waals surface area contributed by atoms with Gasteiger partial charge in [-0.25, -0.2) is 0 Å². The van der Waals surface area contributed by atoms with Crippen molar-refractivity contribution in [2.24, 2.45) is 11.8 Å². The second-order valence-electron chi connectivity index (χ2n) is 7.39. The van der Waals surface area contributed by atoms with Crippen molar-refractivity contribution in [2.75, 3.05) is 0 Å². The number of rotatable bonds is 9. The Morgan fingerprint density at radius 2 is 2.21 bits per heavy atom. The van der Waals surface area contributed by atoms with Gasteiger partial charge in [-0.15, -0.1) is 23.2 Å². The van der Waals surface area contributed by atoms with Crippen LogP contribution in [0.5, 0.6) is 0 Å². The molecule has 3 N–H and O–H groups in total. The van der Waals surface area contributed by atoms with Gasteiger partial charge in [0.1, 0.15) is 0 Å². The Kier molecular flexibility index (Phi) is 9.73. The minimum Gasteiger partial charge on any atom is -0.481 e. The second kappa shape index (κ2) is 11.8. The van der Waals surface area contributed by atoms with Gasteiger partial charge in [-0.2, -0.15) is 0 Å². The lowest BCUT2D eigenvalue weighted by atomic mass is 9.91. The predicted octanol–water partition coefficient (Wildman–Crippen LogP) is 4.70. The SMILES string of the molecule is Cc1sc(CC[C@H](O)/C=C/[C@H]2CCC(O)[C@@H]2CC#CCCCC(=O)O)cc1Br. The number of halogens is 1. The molecule has 0 amide bonds. The number of aliphatic carboxylic acids is 1. The maximum atomic E-state index is 10.5. The normalized spacial score (nSPS) is 22.9. The van der Waals surface area contributed by atoms with E-state index in [1.807, 2.05) is 12.2 Å². The first-order valence-electron chi connectivity index (χ1n) is 9.83. The highest BCUT2D eigenvalue weighted by atomic mass is 79.9. The molecule has 1 heterocycles. The van der Waals surface area contributed by atoms with Gasteiger partial charge in [0.15, 0.2) is 0 Å². The molecule has 0 aliphatic heterocycles. The third-order valence-electron chi connectivity index (χ3n) is 5.17. The zero-order valence-corrected chi connectivity index (χ0v) is 18.6. The first kappa shape index (κ1) is 23.2. The third kappa shape index (κ3) is 7.71. The van der Waals surface area contributed by atoms with Gasteiger partial charge < -0.3 is 15.3 Å². The van der Waals surface area contributed by atoms with Crippen LogP contribution in [0.3, 0.4) is 0 Å². The smallest absolute Gasteiger partial charge is 0.303 e. The van der Waals surface area contributed by atoms with Crippen LogP contribution in [0.25, 0.3) is 0 Å². The molecular weight excluding hydrogens is 440 g/mol. The zero-order chi connectivity index (χ0) is 20.5. The zero-order valence-electron chi connectivity index (χ0n) is 16.2. The maximum Gasteiger partial charge on any atom is 0.303 e. The summed E-state index contributed by atoms with van der Waals surface area (Å²) in [5, 5.41) is 29.1. The molecule has 0 aromatic carbocycles. The topological polar surface area (TPSA) is 77.8 Å². The summed E-state index contributed by atoms with van der Waals surface area (Å²) in [6.45, 7) is 2.08. The molecule has 1 aliphatic carbocycles. The first-order chi connectivity index (χ1) is 13.4. The lowest BCUT2D eigenvalue weighted by Crippen LogP contribution is -2.18. The largest absolute Gasteiger partial charge is 0.481 e. The number of carboxylic acids is 1. The number of hydrogen-bond acceptors (Lipinski definition) is 4. The Morgan fingerprint density at radius 3 is 2.89 bits per heavy atom. The summed E-state index contributed by atoms with van der Waals surface area (Å²) in [4.78, 5) is 13.0. The van der Waals surface area contributed by atoms with Crippen molar-refractivity contribution >= 4 is 33.2 Å². The van der Waals surface area contributed by atoms with Crippen LogP contribution in [0.1, 0.15) is 54.7 Å². The number of aliphatic hydroxyl groups is 2. The summed E-state index contributed by atoms with van der Waals surface area (Å²) >= 11 is 5.28. The van der Waals surface area contributed by atoms with E-state index in [-0.39, 0.29) is 24.4 Å². The Hall–Kier alpha value is -1.13. The average molecular weight is 469 g/mol. The van der Waals surface area contributed by atoms with Crippen LogP contribution < -0.4 is 0 Å². The molecule has 1 aromatic rings. The van der Waals surface area contributed by atoms with Gasteiger partial charge in [0.05, 0.1) is 12.2 Å². The van der Waals surface area contributed by atoms with Gasteiger partial charge in [-0.3, -0.25) is 4.79 Å². The molecule has 6 heteroatoms. The van der Waals surface area contributed by atoms with E-state index in [2.05, 4.69) is 40.8 Å². The van der Waals surface area contributed by atoms with Gasteiger partial charge in [0.25, 0.3) is 0 Å². The molecule has 1 unspecified atom stereocenters. The summed E-state index contributed by atoms with van der Waals surface area (Å²) in [7, 11) is 0. The van der Waals surface area contributed by atoms with Gasteiger partial charge in [-0.05, 0) is 66.9 Å². The molecule has 0 radical (unpaired) electrons. The van der Waals surface area contributed by atoms with E-state index >= 15 is 0 Å². The molecule has 0 bridgehead atoms. The number of unbranched alkanes of at least 4 members (excludes halogenated alkanes) is 1. The van der Waals surface area contributed by atoms with E-state index in [0.29, 0.717) is 25.7 Å². The Morgan fingerprint density at radius 1 is 1.43 bits per heavy atom. The molecule has 1 aromatic heterocycles. The van der Waals surface area contributed by atoms with Crippen LogP contribution in [0, 0.1) is 30.6 Å². The van der Waals surface area contributed by atoms with Crippen molar-refractivity contribution in [3.63, 3.8) is 0 Å². The van der Waals surface area contributed by atoms with E-state index in [0.717, 1.165) is 23.7 Å². The van der Waals surface area contributed by atoms with Gasteiger partial charge >= 0.3 is 5.97 Å². The minimum absolute atomic E-state index is 0.0892. The van der Waals surface area contributed by atoms with E-state index in [1.165, 1.54) is 9.75 Å². The van der Waals surface area contributed by atoms with Gasteiger partial charge in [0.2, 0.25) is 0 Å². The van der Waals surface area contributed by atoms with E-state index < -0.39 is 12.1 Å². The quantitative estimate of drug-likeness (QED) is 0.278. The highest BCUT2D eigenvalue weighted by Crippen LogP contribution is 2.35. The number of aliphatic hydroxyl groups excluding tert-OH is 2. The monoisotopic (exact) mass is 468 g/mol. The maximum absolute atomic E-state index is 10.5. The summed E-state index contributed by atoms with van der Waals surface area (Å²) < 4.78 is 1.13. The number of thiophene rings is 1. The number of carbonyl (C=O) groups is 1. The van der Waals surface area contributed by atoms with Gasteiger partial charge in [0, 0.05) is 39.4 Å². The Labute approximate surface area is 179 Å². The van der Waals surface area contributed by atoms with Crippen molar-refractivity contribution in [3.8, 4) is 11.8 Å². The minimum atomic E-state index is -0.793. The fourth-order valence-corrected chi connectivity index (χ4v) is 5.12. The highest BCUT2D eigenvalue weighted by molar-refractivity contribution is 9.10. The van der Waals surface area contributed by atoms with Crippen molar-refractivity contribution in [1.82, 2.24) is 0 Å². The molecule has 0 spiro atoms. The number of allylic oxidation sites excluding steroid dienone is 1. The lowest BCUT2D eigenvalue weighted by molar-refractivity contribution is -0.137. The van der Waals surface area contributed by atoms with Crippen LogP contribution >= 0.6 is 27.3 Å². The van der Waals surface area contributed by atoms with E-state index in [1.54, 1.807) is 11.3 Å². The van der Waals surface area contributed by atoms with Crippen LogP contribution in [-0.2, 0) is 11.2 Å². The average Bonchev–Trinajstić information content (AvgIpc) is 3.16. The molecule has 154 valence electrons. The molecular formula is C22H29BrO4S. The number of hydrogen-bond donors (Lipinski definition) is 3. The number of aryl methyl sites for hydroxylation is 2. The van der Waals surface area contributed by atoms with Crippen LogP contribution in [-0.4, -0.2) is 33.5 Å². The summed E-state index contributed by atoms with van der Waals surface area (Å²) in [5.41, 5.74) is 0. The van der Waals surface area contributed by atoms with Crippen molar-refractivity contribution < 1.29 is 20.1 Å². The molecule has 0 saturated heterocycles. The number of carboxylic acid groups (broad SMARTS) is 1.